The smallest absolute Gasteiger partial charge is 0.456 e. The SMILES string of the molecule is COC(=O)C(F)(F)OCCOC1CCCCO1. The quantitative estimate of drug-likeness (QED) is 0.528. The summed E-state index contributed by atoms with van der Waals surface area (Å²) in [5.41, 5.74) is 0. The second kappa shape index (κ2) is 6.83. The maximum atomic E-state index is 12.8. The van der Waals surface area contributed by atoms with Crippen molar-refractivity contribution in [2.75, 3.05) is 26.9 Å². The first-order valence-electron chi connectivity index (χ1n) is 5.39. The van der Waals surface area contributed by atoms with Gasteiger partial charge in [0, 0.05) is 6.61 Å². The molecule has 0 bridgehead atoms. The Bertz CT molecular complexity index is 241. The van der Waals surface area contributed by atoms with Crippen molar-refractivity contribution in [1.29, 1.82) is 0 Å². The molecule has 1 atom stereocenters. The summed E-state index contributed by atoms with van der Waals surface area (Å²) in [6, 6.07) is 0. The van der Waals surface area contributed by atoms with E-state index >= 15 is 0 Å². The second-order valence-electron chi connectivity index (χ2n) is 3.52. The molecule has 0 amide bonds. The topological polar surface area (TPSA) is 54.0 Å². The Kier molecular flexibility index (Phi) is 5.73. The maximum Gasteiger partial charge on any atom is 0.456 e. The molecule has 1 rings (SSSR count). The molecule has 0 spiro atoms. The summed E-state index contributed by atoms with van der Waals surface area (Å²) < 4.78 is 43.9. The number of carbonyl (C=O) groups is 1. The Morgan fingerprint density at radius 3 is 2.76 bits per heavy atom. The van der Waals surface area contributed by atoms with E-state index in [0.29, 0.717) is 6.61 Å². The molecule has 100 valence electrons. The van der Waals surface area contributed by atoms with Crippen molar-refractivity contribution in [1.82, 2.24) is 0 Å². The minimum absolute atomic E-state index is 0.0583. The highest BCUT2D eigenvalue weighted by atomic mass is 19.3. The Balaban J connectivity index is 2.12. The molecule has 17 heavy (non-hydrogen) atoms. The van der Waals surface area contributed by atoms with Crippen LogP contribution in [0.5, 0.6) is 0 Å². The average Bonchev–Trinajstić information content (AvgIpc) is 2.35. The van der Waals surface area contributed by atoms with Gasteiger partial charge in [-0.2, -0.15) is 8.78 Å². The number of halogens is 2. The first-order valence-corrected chi connectivity index (χ1v) is 5.39. The molecular formula is C10H16F2O5. The van der Waals surface area contributed by atoms with E-state index in [9.17, 15) is 13.6 Å². The predicted molar refractivity (Wildman–Crippen MR) is 52.5 cm³/mol. The van der Waals surface area contributed by atoms with Crippen molar-refractivity contribution >= 4 is 5.97 Å². The van der Waals surface area contributed by atoms with E-state index in [4.69, 9.17) is 9.47 Å². The number of hydrogen-bond donors (Lipinski definition) is 0. The zero-order valence-corrected chi connectivity index (χ0v) is 9.62. The number of methoxy groups -OCH3 is 1. The number of alkyl halides is 2. The van der Waals surface area contributed by atoms with Crippen LogP contribution in [-0.2, 0) is 23.7 Å². The molecule has 5 nitrogen and oxygen atoms in total. The van der Waals surface area contributed by atoms with E-state index in [-0.39, 0.29) is 12.9 Å². The first kappa shape index (κ1) is 14.3. The standard InChI is InChI=1S/C10H16F2O5/c1-14-9(13)10(11,12)17-7-6-16-8-4-2-3-5-15-8/h8H,2-7H2,1H3. The van der Waals surface area contributed by atoms with Crippen molar-refractivity contribution in [3.63, 3.8) is 0 Å². The van der Waals surface area contributed by atoms with Crippen molar-refractivity contribution in [3.05, 3.63) is 0 Å². The zero-order chi connectivity index (χ0) is 12.7. The lowest BCUT2D eigenvalue weighted by Gasteiger charge is -2.23. The number of carbonyl (C=O) groups excluding carboxylic acids is 1. The van der Waals surface area contributed by atoms with E-state index in [1.54, 1.807) is 0 Å². The van der Waals surface area contributed by atoms with E-state index in [1.807, 2.05) is 0 Å². The molecular weight excluding hydrogens is 238 g/mol. The highest BCUT2D eigenvalue weighted by molar-refractivity contribution is 5.75. The minimum atomic E-state index is -3.93. The monoisotopic (exact) mass is 254 g/mol. The van der Waals surface area contributed by atoms with Crippen LogP contribution in [0.1, 0.15) is 19.3 Å². The Labute approximate surface area is 98.0 Å². The van der Waals surface area contributed by atoms with Crippen LogP contribution in [0, 0.1) is 0 Å². The fraction of sp³-hybridized carbons (Fsp3) is 0.900. The lowest BCUT2D eigenvalue weighted by Crippen LogP contribution is -2.34. The third-order valence-electron chi connectivity index (χ3n) is 2.23. The van der Waals surface area contributed by atoms with Crippen molar-refractivity contribution < 1.29 is 32.5 Å². The third-order valence-corrected chi connectivity index (χ3v) is 2.23. The fourth-order valence-corrected chi connectivity index (χ4v) is 1.37. The molecule has 1 unspecified atom stereocenters. The Hall–Kier alpha value is -0.790. The van der Waals surface area contributed by atoms with Gasteiger partial charge in [0.15, 0.2) is 6.29 Å². The van der Waals surface area contributed by atoms with E-state index in [1.165, 1.54) is 0 Å². The Morgan fingerprint density at radius 1 is 1.41 bits per heavy atom. The van der Waals surface area contributed by atoms with Gasteiger partial charge in [-0.15, -0.1) is 0 Å². The normalized spacial score (nSPS) is 21.2. The van der Waals surface area contributed by atoms with Gasteiger partial charge in [-0.1, -0.05) is 0 Å². The summed E-state index contributed by atoms with van der Waals surface area (Å²) in [5.74, 6) is -1.72. The summed E-state index contributed by atoms with van der Waals surface area (Å²) in [6.07, 6.45) is -1.57. The van der Waals surface area contributed by atoms with E-state index < -0.39 is 18.7 Å². The lowest BCUT2D eigenvalue weighted by atomic mass is 10.2. The molecule has 0 aromatic heterocycles. The lowest BCUT2D eigenvalue weighted by molar-refractivity contribution is -0.256. The van der Waals surface area contributed by atoms with Gasteiger partial charge < -0.3 is 18.9 Å². The number of rotatable bonds is 6. The van der Waals surface area contributed by atoms with Crippen LogP contribution in [0.4, 0.5) is 8.78 Å². The van der Waals surface area contributed by atoms with Gasteiger partial charge in [0.25, 0.3) is 0 Å². The summed E-state index contributed by atoms with van der Waals surface area (Å²) in [5, 5.41) is 0. The largest absolute Gasteiger partial charge is 0.463 e. The van der Waals surface area contributed by atoms with Crippen LogP contribution in [0.15, 0.2) is 0 Å². The Morgan fingerprint density at radius 2 is 2.18 bits per heavy atom. The predicted octanol–water partition coefficient (Wildman–Crippen LogP) is 1.31. The van der Waals surface area contributed by atoms with Gasteiger partial charge in [-0.25, -0.2) is 4.79 Å². The average molecular weight is 254 g/mol. The second-order valence-corrected chi connectivity index (χ2v) is 3.52. The molecule has 0 saturated carbocycles. The summed E-state index contributed by atoms with van der Waals surface area (Å²) >= 11 is 0. The molecule has 7 heteroatoms. The van der Waals surface area contributed by atoms with E-state index in [2.05, 4.69) is 9.47 Å². The number of esters is 1. The molecule has 0 aromatic carbocycles. The number of hydrogen-bond acceptors (Lipinski definition) is 5. The zero-order valence-electron chi connectivity index (χ0n) is 9.62. The molecule has 0 N–H and O–H groups in total. The van der Waals surface area contributed by atoms with E-state index in [0.717, 1.165) is 26.4 Å². The van der Waals surface area contributed by atoms with Crippen molar-refractivity contribution in [2.45, 2.75) is 31.7 Å². The summed E-state index contributed by atoms with van der Waals surface area (Å²) in [6.45, 7) is 0.156. The van der Waals surface area contributed by atoms with Gasteiger partial charge in [0.1, 0.15) is 0 Å². The van der Waals surface area contributed by atoms with Crippen LogP contribution in [0.25, 0.3) is 0 Å². The van der Waals surface area contributed by atoms with Gasteiger partial charge >= 0.3 is 12.1 Å². The van der Waals surface area contributed by atoms with Gasteiger partial charge in [0.2, 0.25) is 0 Å². The van der Waals surface area contributed by atoms with Gasteiger partial charge in [-0.3, -0.25) is 0 Å². The third kappa shape index (κ3) is 4.93. The van der Waals surface area contributed by atoms with Crippen LogP contribution < -0.4 is 0 Å². The van der Waals surface area contributed by atoms with Gasteiger partial charge in [-0.05, 0) is 19.3 Å². The molecule has 1 aliphatic rings. The highest BCUT2D eigenvalue weighted by Crippen LogP contribution is 2.17. The van der Waals surface area contributed by atoms with Crippen LogP contribution >= 0.6 is 0 Å². The summed E-state index contributed by atoms with van der Waals surface area (Å²) in [7, 11) is 0.867. The molecule has 1 fully saturated rings. The molecule has 0 aliphatic carbocycles. The van der Waals surface area contributed by atoms with Gasteiger partial charge in [0.05, 0.1) is 20.3 Å². The minimum Gasteiger partial charge on any atom is -0.463 e. The molecule has 0 radical (unpaired) electrons. The highest BCUT2D eigenvalue weighted by Gasteiger charge is 2.41. The fourth-order valence-electron chi connectivity index (χ4n) is 1.37. The van der Waals surface area contributed by atoms with Crippen LogP contribution in [0.3, 0.4) is 0 Å². The molecule has 1 aliphatic heterocycles. The summed E-state index contributed by atoms with van der Waals surface area (Å²) in [4.78, 5) is 10.6. The van der Waals surface area contributed by atoms with Crippen molar-refractivity contribution in [3.8, 4) is 0 Å². The van der Waals surface area contributed by atoms with Crippen LogP contribution in [0.2, 0.25) is 0 Å². The maximum absolute atomic E-state index is 12.8. The molecule has 0 aromatic rings. The molecule has 1 saturated heterocycles. The first-order chi connectivity index (χ1) is 8.06. The van der Waals surface area contributed by atoms with Crippen molar-refractivity contribution in [2.24, 2.45) is 0 Å². The molecule has 1 heterocycles. The number of ether oxygens (including phenoxy) is 4. The van der Waals surface area contributed by atoms with Crippen LogP contribution in [-0.4, -0.2) is 45.3 Å².